The largest absolute Gasteiger partial charge is 0.347 e. The number of hydrogen-bond donors (Lipinski definition) is 0. The molecule has 2 aliphatic heterocycles. The highest BCUT2D eigenvalue weighted by atomic mass is 35.5. The molecule has 116 valence electrons. The van der Waals surface area contributed by atoms with E-state index in [-0.39, 0.29) is 5.79 Å². The van der Waals surface area contributed by atoms with Crippen molar-refractivity contribution in [2.75, 3.05) is 26.3 Å². The molecule has 0 aliphatic carbocycles. The van der Waals surface area contributed by atoms with Crippen LogP contribution in [0.15, 0.2) is 30.5 Å². The van der Waals surface area contributed by atoms with Gasteiger partial charge in [-0.15, -0.1) is 0 Å². The lowest BCUT2D eigenvalue weighted by Gasteiger charge is -2.37. The number of aromatic nitrogens is 1. The number of halogens is 1. The van der Waals surface area contributed by atoms with Crippen LogP contribution in [0.4, 0.5) is 0 Å². The summed E-state index contributed by atoms with van der Waals surface area (Å²) in [6.07, 6.45) is 3.76. The zero-order chi connectivity index (χ0) is 15.0. The molecule has 3 heterocycles. The third-order valence-electron chi connectivity index (χ3n) is 4.62. The van der Waals surface area contributed by atoms with Gasteiger partial charge in [0.25, 0.3) is 0 Å². The monoisotopic (exact) mass is 318 g/mol. The predicted octanol–water partition coefficient (Wildman–Crippen LogP) is 3.23. The highest BCUT2D eigenvalue weighted by molar-refractivity contribution is 6.31. The Labute approximate surface area is 135 Å². The molecule has 2 aromatic rings. The van der Waals surface area contributed by atoms with E-state index >= 15 is 0 Å². The van der Waals surface area contributed by atoms with Crippen molar-refractivity contribution in [2.24, 2.45) is 0 Å². The van der Waals surface area contributed by atoms with Crippen molar-refractivity contribution in [3.05, 3.63) is 41.0 Å². The number of nitrogens with zero attached hydrogens (tertiary/aromatic N) is 2. The number of piperidine rings is 1. The minimum absolute atomic E-state index is 0.301. The maximum absolute atomic E-state index is 6.05. The van der Waals surface area contributed by atoms with Gasteiger partial charge in [0.2, 0.25) is 0 Å². The Morgan fingerprint density at radius 3 is 2.68 bits per heavy atom. The van der Waals surface area contributed by atoms with Crippen molar-refractivity contribution in [3.63, 3.8) is 0 Å². The van der Waals surface area contributed by atoms with E-state index in [9.17, 15) is 0 Å². The Bertz CT molecular complexity index is 675. The molecule has 0 bridgehead atoms. The van der Waals surface area contributed by atoms with Gasteiger partial charge >= 0.3 is 0 Å². The summed E-state index contributed by atoms with van der Waals surface area (Å²) in [6, 6.07) is 8.02. The Balaban J connectivity index is 1.50. The first kappa shape index (κ1) is 14.4. The lowest BCUT2D eigenvalue weighted by molar-refractivity contribution is -0.185. The van der Waals surface area contributed by atoms with Crippen LogP contribution in [0.25, 0.3) is 10.9 Å². The normalized spacial score (nSPS) is 21.7. The van der Waals surface area contributed by atoms with E-state index in [0.717, 1.165) is 56.2 Å². The highest BCUT2D eigenvalue weighted by Gasteiger charge is 2.39. The van der Waals surface area contributed by atoms with Crippen LogP contribution in [0.2, 0.25) is 5.02 Å². The Kier molecular flexibility index (Phi) is 3.78. The Hall–Kier alpha value is -1.20. The number of fused-ring (bicyclic) bond motifs is 1. The first-order chi connectivity index (χ1) is 10.7. The van der Waals surface area contributed by atoms with E-state index in [1.807, 2.05) is 18.3 Å². The standard InChI is InChI=1S/C17H19ClN2O2/c18-14-1-2-15-13(3-6-19-16(15)11-14)12-20-7-4-17(5-8-20)21-9-10-22-17/h1-3,6,11H,4-5,7-10,12H2. The Morgan fingerprint density at radius 1 is 1.14 bits per heavy atom. The van der Waals surface area contributed by atoms with Gasteiger partial charge in [0, 0.05) is 49.1 Å². The van der Waals surface area contributed by atoms with Gasteiger partial charge in [-0.1, -0.05) is 17.7 Å². The topological polar surface area (TPSA) is 34.6 Å². The first-order valence-corrected chi connectivity index (χ1v) is 8.15. The molecule has 1 aromatic heterocycles. The van der Waals surface area contributed by atoms with Crippen LogP contribution in [0.3, 0.4) is 0 Å². The third-order valence-corrected chi connectivity index (χ3v) is 4.86. The van der Waals surface area contributed by atoms with Crippen LogP contribution in [0, 0.1) is 0 Å². The molecule has 0 saturated carbocycles. The summed E-state index contributed by atoms with van der Waals surface area (Å²) in [5, 5.41) is 1.91. The zero-order valence-corrected chi connectivity index (χ0v) is 13.2. The number of ether oxygens (including phenoxy) is 2. The average molecular weight is 319 g/mol. The molecule has 5 heteroatoms. The van der Waals surface area contributed by atoms with Crippen molar-refractivity contribution in [3.8, 4) is 0 Å². The number of benzene rings is 1. The summed E-state index contributed by atoms with van der Waals surface area (Å²) in [4.78, 5) is 6.87. The number of rotatable bonds is 2. The Morgan fingerprint density at radius 2 is 1.91 bits per heavy atom. The second-order valence-electron chi connectivity index (χ2n) is 6.02. The smallest absolute Gasteiger partial charge is 0.170 e. The molecule has 1 aromatic carbocycles. The van der Waals surface area contributed by atoms with E-state index in [4.69, 9.17) is 21.1 Å². The minimum Gasteiger partial charge on any atom is -0.347 e. The summed E-state index contributed by atoms with van der Waals surface area (Å²) in [7, 11) is 0. The second-order valence-corrected chi connectivity index (χ2v) is 6.45. The number of likely N-dealkylation sites (tertiary alicyclic amines) is 1. The van der Waals surface area contributed by atoms with Crippen LogP contribution < -0.4 is 0 Å². The molecule has 2 fully saturated rings. The summed E-state index contributed by atoms with van der Waals surface area (Å²) in [6.45, 7) is 4.39. The van der Waals surface area contributed by atoms with E-state index in [2.05, 4.69) is 22.0 Å². The summed E-state index contributed by atoms with van der Waals surface area (Å²) in [5.74, 6) is -0.301. The van der Waals surface area contributed by atoms with Gasteiger partial charge in [-0.3, -0.25) is 9.88 Å². The lowest BCUT2D eigenvalue weighted by Crippen LogP contribution is -2.44. The number of hydrogen-bond acceptors (Lipinski definition) is 4. The van der Waals surface area contributed by atoms with Crippen LogP contribution in [0.1, 0.15) is 18.4 Å². The average Bonchev–Trinajstić information content (AvgIpc) is 2.98. The molecule has 0 unspecified atom stereocenters. The highest BCUT2D eigenvalue weighted by Crippen LogP contribution is 2.32. The fourth-order valence-electron chi connectivity index (χ4n) is 3.40. The fourth-order valence-corrected chi connectivity index (χ4v) is 3.56. The molecule has 2 aliphatic rings. The second kappa shape index (κ2) is 5.78. The molecule has 1 spiro atoms. The number of pyridine rings is 1. The molecule has 2 saturated heterocycles. The fraction of sp³-hybridized carbons (Fsp3) is 0.471. The summed E-state index contributed by atoms with van der Waals surface area (Å²) >= 11 is 6.05. The van der Waals surface area contributed by atoms with Crippen molar-refractivity contribution in [1.82, 2.24) is 9.88 Å². The van der Waals surface area contributed by atoms with Gasteiger partial charge < -0.3 is 9.47 Å². The first-order valence-electron chi connectivity index (χ1n) is 7.78. The molecule has 0 amide bonds. The lowest BCUT2D eigenvalue weighted by atomic mass is 10.0. The predicted molar refractivity (Wildman–Crippen MR) is 85.9 cm³/mol. The van der Waals surface area contributed by atoms with Crippen LogP contribution in [-0.4, -0.2) is 42.0 Å². The van der Waals surface area contributed by atoms with Gasteiger partial charge in [0.05, 0.1) is 18.7 Å². The SMILES string of the molecule is Clc1ccc2c(CN3CCC4(CC3)OCCO4)ccnc2c1. The van der Waals surface area contributed by atoms with Crippen LogP contribution >= 0.6 is 11.6 Å². The van der Waals surface area contributed by atoms with Gasteiger partial charge in [-0.05, 0) is 23.8 Å². The molecule has 0 atom stereocenters. The third kappa shape index (κ3) is 2.72. The van der Waals surface area contributed by atoms with Crippen LogP contribution in [-0.2, 0) is 16.0 Å². The van der Waals surface area contributed by atoms with Gasteiger partial charge in [0.15, 0.2) is 5.79 Å². The maximum atomic E-state index is 6.05. The molecule has 0 radical (unpaired) electrons. The molecule has 4 nitrogen and oxygen atoms in total. The maximum Gasteiger partial charge on any atom is 0.170 e. The van der Waals surface area contributed by atoms with E-state index < -0.39 is 0 Å². The van der Waals surface area contributed by atoms with Crippen molar-refractivity contribution in [1.29, 1.82) is 0 Å². The van der Waals surface area contributed by atoms with Crippen molar-refractivity contribution in [2.45, 2.75) is 25.2 Å². The minimum atomic E-state index is -0.301. The summed E-state index contributed by atoms with van der Waals surface area (Å²) in [5.41, 5.74) is 2.26. The molecule has 0 N–H and O–H groups in total. The molecular formula is C17H19ClN2O2. The van der Waals surface area contributed by atoms with Crippen molar-refractivity contribution < 1.29 is 9.47 Å². The summed E-state index contributed by atoms with van der Waals surface area (Å²) < 4.78 is 11.6. The van der Waals surface area contributed by atoms with Gasteiger partial charge in [-0.25, -0.2) is 0 Å². The molecule has 4 rings (SSSR count). The van der Waals surface area contributed by atoms with E-state index in [1.165, 1.54) is 10.9 Å². The van der Waals surface area contributed by atoms with Crippen molar-refractivity contribution >= 4 is 22.5 Å². The van der Waals surface area contributed by atoms with E-state index in [1.54, 1.807) is 0 Å². The van der Waals surface area contributed by atoms with Gasteiger partial charge in [-0.2, -0.15) is 0 Å². The molecular weight excluding hydrogens is 300 g/mol. The molecule has 22 heavy (non-hydrogen) atoms. The van der Waals surface area contributed by atoms with Crippen LogP contribution in [0.5, 0.6) is 0 Å². The zero-order valence-electron chi connectivity index (χ0n) is 12.4. The quantitative estimate of drug-likeness (QED) is 0.851. The van der Waals surface area contributed by atoms with Gasteiger partial charge in [0.1, 0.15) is 0 Å². The van der Waals surface area contributed by atoms with E-state index in [0.29, 0.717) is 0 Å².